The van der Waals surface area contributed by atoms with Crippen molar-refractivity contribution in [3.05, 3.63) is 29.8 Å². The van der Waals surface area contributed by atoms with Gasteiger partial charge in [0, 0.05) is 6.04 Å². The number of likely N-dealkylation sites (N-methyl/N-ethyl adjacent to an activating group) is 1. The van der Waals surface area contributed by atoms with Gasteiger partial charge >= 0.3 is 5.97 Å². The Bertz CT molecular complexity index is 340. The first-order valence-electron chi connectivity index (χ1n) is 4.54. The monoisotopic (exact) mass is 212 g/mol. The van der Waals surface area contributed by atoms with E-state index >= 15 is 0 Å². The van der Waals surface area contributed by atoms with E-state index in [9.17, 15) is 9.18 Å². The molecule has 0 bridgehead atoms. The van der Waals surface area contributed by atoms with E-state index in [1.807, 2.05) is 6.92 Å². The molecule has 82 valence electrons. The Morgan fingerprint density at radius 2 is 2.33 bits per heavy atom. The van der Waals surface area contributed by atoms with Crippen molar-refractivity contribution >= 4 is 5.97 Å². The molecule has 4 nitrogen and oxygen atoms in total. The van der Waals surface area contributed by atoms with Crippen molar-refractivity contribution < 1.29 is 14.3 Å². The average molecular weight is 212 g/mol. The number of carboxylic acid groups (broad SMARTS) is 1. The van der Waals surface area contributed by atoms with Crippen molar-refractivity contribution in [3.63, 3.8) is 0 Å². The van der Waals surface area contributed by atoms with Gasteiger partial charge in [0.25, 0.3) is 0 Å². The van der Waals surface area contributed by atoms with Gasteiger partial charge in [0.2, 0.25) is 0 Å². The van der Waals surface area contributed by atoms with Crippen LogP contribution in [0.15, 0.2) is 18.3 Å². The van der Waals surface area contributed by atoms with Crippen molar-refractivity contribution in [3.8, 4) is 0 Å². The van der Waals surface area contributed by atoms with Gasteiger partial charge in [-0.3, -0.25) is 14.7 Å². The number of rotatable bonds is 4. The Labute approximate surface area is 87.4 Å². The lowest BCUT2D eigenvalue weighted by Gasteiger charge is -2.21. The van der Waals surface area contributed by atoms with Crippen LogP contribution in [0.3, 0.4) is 0 Å². The summed E-state index contributed by atoms with van der Waals surface area (Å²) in [7, 11) is 1.68. The zero-order valence-corrected chi connectivity index (χ0v) is 8.64. The molecular weight excluding hydrogens is 199 g/mol. The van der Waals surface area contributed by atoms with Crippen LogP contribution in [0.4, 0.5) is 4.39 Å². The Balaban J connectivity index is 2.71. The minimum Gasteiger partial charge on any atom is -0.480 e. The van der Waals surface area contributed by atoms with Crippen LogP contribution in [0.25, 0.3) is 0 Å². The highest BCUT2D eigenvalue weighted by molar-refractivity contribution is 5.69. The molecule has 1 N–H and O–H groups in total. The molecular formula is C10H13FN2O2. The van der Waals surface area contributed by atoms with Crippen LogP contribution in [-0.2, 0) is 4.79 Å². The Morgan fingerprint density at radius 1 is 1.67 bits per heavy atom. The molecule has 0 amide bonds. The maximum Gasteiger partial charge on any atom is 0.317 e. The van der Waals surface area contributed by atoms with E-state index in [4.69, 9.17) is 5.11 Å². The predicted molar refractivity (Wildman–Crippen MR) is 52.9 cm³/mol. The summed E-state index contributed by atoms with van der Waals surface area (Å²) >= 11 is 0. The second kappa shape index (κ2) is 4.84. The number of carbonyl (C=O) groups is 1. The van der Waals surface area contributed by atoms with Crippen LogP contribution in [0, 0.1) is 5.82 Å². The molecule has 1 atom stereocenters. The number of halogens is 1. The lowest BCUT2D eigenvalue weighted by atomic mass is 10.2. The van der Waals surface area contributed by atoms with E-state index in [1.54, 1.807) is 18.0 Å². The molecule has 0 aliphatic rings. The van der Waals surface area contributed by atoms with E-state index < -0.39 is 11.8 Å². The molecule has 1 aromatic rings. The topological polar surface area (TPSA) is 53.4 Å². The molecule has 0 aliphatic heterocycles. The molecule has 0 saturated carbocycles. The maximum atomic E-state index is 12.6. The van der Waals surface area contributed by atoms with Crippen molar-refractivity contribution in [2.45, 2.75) is 13.0 Å². The summed E-state index contributed by atoms with van der Waals surface area (Å²) in [6, 6.07) is 2.72. The highest BCUT2D eigenvalue weighted by atomic mass is 19.1. The largest absolute Gasteiger partial charge is 0.480 e. The summed E-state index contributed by atoms with van der Waals surface area (Å²) < 4.78 is 12.6. The molecule has 1 unspecified atom stereocenters. The van der Waals surface area contributed by atoms with Gasteiger partial charge in [-0.15, -0.1) is 0 Å². The van der Waals surface area contributed by atoms with E-state index in [0.717, 1.165) is 6.20 Å². The molecule has 0 aromatic carbocycles. The Morgan fingerprint density at radius 3 is 2.80 bits per heavy atom. The maximum absolute atomic E-state index is 12.6. The van der Waals surface area contributed by atoms with Crippen LogP contribution >= 0.6 is 0 Å². The van der Waals surface area contributed by atoms with Gasteiger partial charge in [-0.2, -0.15) is 0 Å². The SMILES string of the molecule is CC(c1ccc(F)cn1)N(C)CC(=O)O. The van der Waals surface area contributed by atoms with Crippen LogP contribution in [-0.4, -0.2) is 34.6 Å². The predicted octanol–water partition coefficient (Wildman–Crippen LogP) is 1.30. The second-order valence-electron chi connectivity index (χ2n) is 3.39. The third-order valence-electron chi connectivity index (χ3n) is 2.22. The molecule has 0 spiro atoms. The summed E-state index contributed by atoms with van der Waals surface area (Å²) in [6.45, 7) is 1.75. The molecule has 1 rings (SSSR count). The fourth-order valence-corrected chi connectivity index (χ4v) is 1.21. The first kappa shape index (κ1) is 11.6. The van der Waals surface area contributed by atoms with Crippen LogP contribution in [0.1, 0.15) is 18.7 Å². The fraction of sp³-hybridized carbons (Fsp3) is 0.400. The van der Waals surface area contributed by atoms with E-state index in [1.165, 1.54) is 6.07 Å². The van der Waals surface area contributed by atoms with Gasteiger partial charge in [0.15, 0.2) is 0 Å². The summed E-state index contributed by atoms with van der Waals surface area (Å²) in [6.07, 6.45) is 1.13. The molecule has 5 heteroatoms. The number of hydrogen-bond donors (Lipinski definition) is 1. The molecule has 1 heterocycles. The third kappa shape index (κ3) is 3.28. The molecule has 15 heavy (non-hydrogen) atoms. The molecule has 0 fully saturated rings. The highest BCUT2D eigenvalue weighted by Gasteiger charge is 2.15. The molecule has 0 aliphatic carbocycles. The minimum absolute atomic E-state index is 0.0692. The van der Waals surface area contributed by atoms with Crippen LogP contribution in [0.5, 0.6) is 0 Å². The third-order valence-corrected chi connectivity index (χ3v) is 2.22. The summed E-state index contributed by atoms with van der Waals surface area (Å²) in [4.78, 5) is 16.0. The van der Waals surface area contributed by atoms with Gasteiger partial charge in [-0.05, 0) is 26.1 Å². The van der Waals surface area contributed by atoms with Crippen molar-refractivity contribution in [2.75, 3.05) is 13.6 Å². The van der Waals surface area contributed by atoms with Gasteiger partial charge in [-0.25, -0.2) is 4.39 Å². The quantitative estimate of drug-likeness (QED) is 0.817. The van der Waals surface area contributed by atoms with E-state index in [0.29, 0.717) is 5.69 Å². The van der Waals surface area contributed by atoms with Crippen LogP contribution < -0.4 is 0 Å². The smallest absolute Gasteiger partial charge is 0.317 e. The number of pyridine rings is 1. The summed E-state index contributed by atoms with van der Waals surface area (Å²) in [5.41, 5.74) is 0.653. The zero-order valence-electron chi connectivity index (χ0n) is 8.64. The van der Waals surface area contributed by atoms with Gasteiger partial charge in [0.1, 0.15) is 5.82 Å². The first-order chi connectivity index (χ1) is 7.00. The number of carboxylic acids is 1. The lowest BCUT2D eigenvalue weighted by Crippen LogP contribution is -2.28. The van der Waals surface area contributed by atoms with Crippen LogP contribution in [0.2, 0.25) is 0 Å². The second-order valence-corrected chi connectivity index (χ2v) is 3.39. The Kier molecular flexibility index (Phi) is 3.74. The number of nitrogens with zero attached hydrogens (tertiary/aromatic N) is 2. The number of aliphatic carboxylic acids is 1. The van der Waals surface area contributed by atoms with E-state index in [2.05, 4.69) is 4.98 Å². The average Bonchev–Trinajstić information content (AvgIpc) is 2.17. The normalized spacial score (nSPS) is 12.8. The zero-order chi connectivity index (χ0) is 11.4. The standard InChI is InChI=1S/C10H13FN2O2/c1-7(13(2)6-10(14)15)9-4-3-8(11)5-12-9/h3-5,7H,6H2,1-2H3,(H,14,15). The first-order valence-corrected chi connectivity index (χ1v) is 4.54. The number of aromatic nitrogens is 1. The van der Waals surface area contributed by atoms with E-state index in [-0.39, 0.29) is 12.6 Å². The number of hydrogen-bond acceptors (Lipinski definition) is 3. The summed E-state index contributed by atoms with van der Waals surface area (Å²) in [5.74, 6) is -1.29. The van der Waals surface area contributed by atoms with Crippen molar-refractivity contribution in [1.82, 2.24) is 9.88 Å². The van der Waals surface area contributed by atoms with Gasteiger partial charge in [0.05, 0.1) is 18.4 Å². The summed E-state index contributed by atoms with van der Waals surface area (Å²) in [5, 5.41) is 8.60. The fourth-order valence-electron chi connectivity index (χ4n) is 1.21. The van der Waals surface area contributed by atoms with Gasteiger partial charge in [-0.1, -0.05) is 0 Å². The molecule has 1 aromatic heterocycles. The Hall–Kier alpha value is -1.49. The minimum atomic E-state index is -0.897. The highest BCUT2D eigenvalue weighted by Crippen LogP contribution is 2.15. The van der Waals surface area contributed by atoms with Gasteiger partial charge < -0.3 is 5.11 Å². The lowest BCUT2D eigenvalue weighted by molar-refractivity contribution is -0.138. The van der Waals surface area contributed by atoms with Crippen molar-refractivity contribution in [2.24, 2.45) is 0 Å². The van der Waals surface area contributed by atoms with Crippen molar-refractivity contribution in [1.29, 1.82) is 0 Å². The molecule has 0 saturated heterocycles. The molecule has 0 radical (unpaired) electrons.